The van der Waals surface area contributed by atoms with Crippen molar-refractivity contribution in [3.05, 3.63) is 39.9 Å². The molecule has 2 heterocycles. The number of ether oxygens (including phenoxy) is 2. The Morgan fingerprint density at radius 1 is 1.16 bits per heavy atom. The Kier molecular flexibility index (Phi) is 6.17. The predicted molar refractivity (Wildman–Crippen MR) is 103 cm³/mol. The van der Waals surface area contributed by atoms with Gasteiger partial charge in [-0.25, -0.2) is 4.98 Å². The number of halogens is 5. The van der Waals surface area contributed by atoms with Crippen LogP contribution in [0.1, 0.15) is 11.4 Å². The first-order valence-electron chi connectivity index (χ1n) is 8.31. The van der Waals surface area contributed by atoms with Gasteiger partial charge in [-0.3, -0.25) is 9.36 Å². The Bertz CT molecular complexity index is 1180. The average Bonchev–Trinajstić information content (AvgIpc) is 3.14. The van der Waals surface area contributed by atoms with Gasteiger partial charge in [-0.2, -0.15) is 26.9 Å². The maximum Gasteiger partial charge on any atom is 0.461 e. The monoisotopic (exact) mass is 483 g/mol. The zero-order valence-corrected chi connectivity index (χ0v) is 17.8. The lowest BCUT2D eigenvalue weighted by Crippen LogP contribution is -2.41. The summed E-state index contributed by atoms with van der Waals surface area (Å²) in [5, 5.41) is 0. The smallest absolute Gasteiger partial charge is 0.461 e. The fourth-order valence-electron chi connectivity index (χ4n) is 2.68. The van der Waals surface area contributed by atoms with Crippen molar-refractivity contribution in [2.75, 3.05) is 20.5 Å². The minimum absolute atomic E-state index is 0.0984. The van der Waals surface area contributed by atoms with Gasteiger partial charge in [0.05, 0.1) is 20.8 Å². The third kappa shape index (κ3) is 4.19. The van der Waals surface area contributed by atoms with Crippen LogP contribution in [0.15, 0.2) is 27.3 Å². The van der Waals surface area contributed by atoms with Gasteiger partial charge in [0, 0.05) is 22.8 Å². The van der Waals surface area contributed by atoms with Gasteiger partial charge in [0.2, 0.25) is 0 Å². The summed E-state index contributed by atoms with van der Waals surface area (Å²) in [7, 11) is 2.63. The number of fused-ring (bicyclic) bond motifs is 1. The molecule has 14 heteroatoms. The van der Waals surface area contributed by atoms with E-state index in [1.54, 1.807) is 0 Å². The first-order chi connectivity index (χ1) is 14.4. The van der Waals surface area contributed by atoms with Crippen LogP contribution in [-0.4, -0.2) is 45.7 Å². The number of hydrogen-bond acceptors (Lipinski definition) is 7. The molecule has 1 unspecified atom stereocenters. The quantitative estimate of drug-likeness (QED) is 0.395. The van der Waals surface area contributed by atoms with Crippen molar-refractivity contribution in [2.24, 2.45) is 0 Å². The summed E-state index contributed by atoms with van der Waals surface area (Å²) in [6.45, 7) is -0.710. The van der Waals surface area contributed by atoms with Crippen LogP contribution in [0, 0.1) is 0 Å². The number of alkyl halides is 5. The van der Waals surface area contributed by atoms with Crippen LogP contribution in [0.3, 0.4) is 0 Å². The van der Waals surface area contributed by atoms with Crippen LogP contribution in [-0.2, 0) is 23.6 Å². The summed E-state index contributed by atoms with van der Waals surface area (Å²) in [5.41, 5.74) is -1.56. The fraction of sp³-hybridized carbons (Fsp3) is 0.353. The Balaban J connectivity index is 2.29. The molecule has 0 saturated carbocycles. The van der Waals surface area contributed by atoms with Gasteiger partial charge in [-0.05, 0) is 23.5 Å². The molecule has 0 bridgehead atoms. The highest BCUT2D eigenvalue weighted by molar-refractivity contribution is 7.92. The molecule has 0 amide bonds. The molecule has 0 saturated heterocycles. The summed E-state index contributed by atoms with van der Waals surface area (Å²) >= 11 is -1.18. The van der Waals surface area contributed by atoms with Crippen molar-refractivity contribution < 1.29 is 36.0 Å². The van der Waals surface area contributed by atoms with Gasteiger partial charge >= 0.3 is 16.4 Å². The molecule has 0 N–H and O–H groups in total. The number of benzene rings is 1. The molecule has 0 spiro atoms. The standard InChI is InChI=1S/C17H14F5N3O4S2/c1-28-9-5-4-8(10(6-9)29-2)7-25-13(26)11-12(30-15(23-11)31(3)27)24-14(25)16(18,19)17(20,21)22/h4-6H,7H2,1-3H3. The summed E-state index contributed by atoms with van der Waals surface area (Å²) in [5.74, 6) is -6.79. The molecule has 0 aliphatic rings. The summed E-state index contributed by atoms with van der Waals surface area (Å²) in [4.78, 5) is 19.6. The molecule has 0 aliphatic heterocycles. The molecule has 7 nitrogen and oxygen atoms in total. The second-order valence-electron chi connectivity index (χ2n) is 6.16. The van der Waals surface area contributed by atoms with E-state index in [2.05, 4.69) is 9.97 Å². The third-order valence-electron chi connectivity index (χ3n) is 4.21. The van der Waals surface area contributed by atoms with Crippen molar-refractivity contribution >= 4 is 32.9 Å². The van der Waals surface area contributed by atoms with Gasteiger partial charge < -0.3 is 14.0 Å². The van der Waals surface area contributed by atoms with Crippen LogP contribution in [0.5, 0.6) is 11.5 Å². The van der Waals surface area contributed by atoms with Crippen molar-refractivity contribution in [2.45, 2.75) is 23.0 Å². The lowest BCUT2D eigenvalue weighted by Gasteiger charge is -2.22. The number of aromatic nitrogens is 3. The maximum atomic E-state index is 14.3. The average molecular weight is 483 g/mol. The predicted octanol–water partition coefficient (Wildman–Crippen LogP) is 3.31. The van der Waals surface area contributed by atoms with Crippen LogP contribution >= 0.6 is 11.3 Å². The Hall–Kier alpha value is -2.45. The lowest BCUT2D eigenvalue weighted by molar-refractivity contribution is -0.293. The van der Waals surface area contributed by atoms with Crippen LogP contribution in [0.25, 0.3) is 10.3 Å². The number of nitrogens with zero attached hydrogens (tertiary/aromatic N) is 3. The van der Waals surface area contributed by atoms with Gasteiger partial charge in [0.1, 0.15) is 17.8 Å². The summed E-state index contributed by atoms with van der Waals surface area (Å²) < 4.78 is 90.0. The van der Waals surface area contributed by atoms with E-state index in [9.17, 15) is 31.3 Å². The summed E-state index contributed by atoms with van der Waals surface area (Å²) in [6, 6.07) is 4.17. The van der Waals surface area contributed by atoms with E-state index in [1.165, 1.54) is 38.7 Å². The number of hydrogen-bond donors (Lipinski definition) is 0. The van der Waals surface area contributed by atoms with Crippen molar-refractivity contribution in [3.63, 3.8) is 0 Å². The highest BCUT2D eigenvalue weighted by Crippen LogP contribution is 2.43. The normalized spacial score (nSPS) is 13.5. The second-order valence-corrected chi connectivity index (χ2v) is 8.70. The molecule has 0 radical (unpaired) electrons. The lowest BCUT2D eigenvalue weighted by atomic mass is 10.1. The van der Waals surface area contributed by atoms with Crippen LogP contribution < -0.4 is 15.0 Å². The maximum absolute atomic E-state index is 14.3. The van der Waals surface area contributed by atoms with Gasteiger partial charge in [0.25, 0.3) is 5.56 Å². The first-order valence-corrected chi connectivity index (χ1v) is 10.7. The summed E-state index contributed by atoms with van der Waals surface area (Å²) in [6.07, 6.45) is -4.78. The topological polar surface area (TPSA) is 89.3 Å². The van der Waals surface area contributed by atoms with E-state index < -0.39 is 51.6 Å². The molecule has 31 heavy (non-hydrogen) atoms. The number of thiazole rings is 1. The molecular weight excluding hydrogens is 469 g/mol. The number of rotatable bonds is 6. The van der Waals surface area contributed by atoms with Gasteiger partial charge in [-0.1, -0.05) is 0 Å². The van der Waals surface area contributed by atoms with E-state index in [-0.39, 0.29) is 20.2 Å². The van der Waals surface area contributed by atoms with Crippen LogP contribution in [0.2, 0.25) is 0 Å². The van der Waals surface area contributed by atoms with E-state index >= 15 is 0 Å². The second kappa shape index (κ2) is 8.24. The van der Waals surface area contributed by atoms with Gasteiger partial charge in [-0.15, -0.1) is 0 Å². The first kappa shape index (κ1) is 23.2. The molecule has 2 aromatic heterocycles. The third-order valence-corrected chi connectivity index (χ3v) is 6.49. The molecule has 1 aromatic carbocycles. The van der Waals surface area contributed by atoms with E-state index in [0.29, 0.717) is 17.1 Å². The molecule has 3 aromatic rings. The molecule has 3 rings (SSSR count). The minimum atomic E-state index is -6.01. The highest BCUT2D eigenvalue weighted by Gasteiger charge is 2.62. The zero-order chi connectivity index (χ0) is 23.1. The molecule has 1 atom stereocenters. The van der Waals surface area contributed by atoms with E-state index in [4.69, 9.17) is 9.47 Å². The minimum Gasteiger partial charge on any atom is -0.610 e. The molecule has 0 aliphatic carbocycles. The largest absolute Gasteiger partial charge is 0.610 e. The van der Waals surface area contributed by atoms with Crippen LogP contribution in [0.4, 0.5) is 22.0 Å². The Morgan fingerprint density at radius 2 is 1.84 bits per heavy atom. The number of methoxy groups -OCH3 is 2. The molecular formula is C17H14F5N3O4S2. The van der Waals surface area contributed by atoms with E-state index in [0.717, 1.165) is 0 Å². The van der Waals surface area contributed by atoms with Gasteiger partial charge in [0.15, 0.2) is 16.2 Å². The van der Waals surface area contributed by atoms with E-state index in [1.807, 2.05) is 0 Å². The van der Waals surface area contributed by atoms with Crippen molar-refractivity contribution in [1.82, 2.24) is 14.5 Å². The fourth-order valence-corrected chi connectivity index (χ4v) is 4.27. The molecule has 168 valence electrons. The molecule has 0 fully saturated rings. The zero-order valence-electron chi connectivity index (χ0n) is 16.1. The highest BCUT2D eigenvalue weighted by atomic mass is 32.2. The Labute approximate surface area is 178 Å². The van der Waals surface area contributed by atoms with Crippen molar-refractivity contribution in [3.8, 4) is 11.5 Å². The SMILES string of the molecule is COc1ccc(Cn2c(C(F)(F)C(F)(F)F)nc3sc([S+](C)[O-])nc3c2=O)c(OC)c1. The van der Waals surface area contributed by atoms with Crippen molar-refractivity contribution in [1.29, 1.82) is 0 Å². The Morgan fingerprint density at radius 3 is 2.39 bits per heavy atom.